The number of benzene rings is 4. The van der Waals surface area contributed by atoms with E-state index < -0.39 is 21.8 Å². The molecule has 4 aromatic carbocycles. The van der Waals surface area contributed by atoms with Gasteiger partial charge in [-0.15, -0.1) is 0 Å². The monoisotopic (exact) mass is 548 g/mol. The molecule has 0 atom stereocenters. The first kappa shape index (κ1) is 27.9. The first-order chi connectivity index (χ1) is 18.5. The third kappa shape index (κ3) is 7.23. The summed E-state index contributed by atoms with van der Waals surface area (Å²) in [4.78, 5) is 4.61. The molecule has 0 aliphatic rings. The summed E-state index contributed by atoms with van der Waals surface area (Å²) in [6.07, 6.45) is -1.20. The zero-order valence-electron chi connectivity index (χ0n) is 21.4. The van der Waals surface area contributed by atoms with Gasteiger partial charge in [-0.2, -0.15) is 13.2 Å². The van der Waals surface area contributed by atoms with Crippen LogP contribution < -0.4 is 0 Å². The van der Waals surface area contributed by atoms with Crippen LogP contribution >= 0.6 is 0 Å². The molecule has 4 nitrogen and oxygen atoms in total. The van der Waals surface area contributed by atoms with Gasteiger partial charge in [0.15, 0.2) is 0 Å². The maximum atomic E-state index is 14.0. The molecule has 4 aromatic rings. The highest BCUT2D eigenvalue weighted by atomic mass is 32.2. The lowest BCUT2D eigenvalue weighted by atomic mass is 10.1. The van der Waals surface area contributed by atoms with Crippen molar-refractivity contribution in [1.29, 1.82) is 0 Å². The van der Waals surface area contributed by atoms with E-state index in [1.54, 1.807) is 48.6 Å². The highest BCUT2D eigenvalue weighted by molar-refractivity contribution is 7.89. The number of aryl methyl sites for hydroxylation is 2. The van der Waals surface area contributed by atoms with Gasteiger partial charge in [-0.3, -0.25) is 0 Å². The molecule has 0 radical (unpaired) electrons. The van der Waals surface area contributed by atoms with Crippen LogP contribution in [0.5, 0.6) is 0 Å². The third-order valence-corrected chi connectivity index (χ3v) is 7.74. The van der Waals surface area contributed by atoms with Crippen LogP contribution in [0.4, 0.5) is 18.9 Å². The molecule has 0 aliphatic heterocycles. The number of sulfonamides is 1. The maximum Gasteiger partial charge on any atom is 0.416 e. The summed E-state index contributed by atoms with van der Waals surface area (Å²) in [6, 6.07) is 27.5. The third-order valence-electron chi connectivity index (χ3n) is 5.97. The van der Waals surface area contributed by atoms with Gasteiger partial charge in [0.05, 0.1) is 22.7 Å². The van der Waals surface area contributed by atoms with Gasteiger partial charge < -0.3 is 0 Å². The van der Waals surface area contributed by atoms with Crippen molar-refractivity contribution in [3.63, 3.8) is 0 Å². The Morgan fingerprint density at radius 2 is 1.36 bits per heavy atom. The summed E-state index contributed by atoms with van der Waals surface area (Å²) in [5.74, 6) is 0.0553. The molecule has 0 heterocycles. The Hall–Kier alpha value is -4.17. The zero-order valence-corrected chi connectivity index (χ0v) is 22.2. The molecule has 0 saturated heterocycles. The minimum Gasteiger partial charge on any atom is -0.245 e. The van der Waals surface area contributed by atoms with E-state index in [1.807, 2.05) is 44.2 Å². The van der Waals surface area contributed by atoms with Crippen LogP contribution in [0.3, 0.4) is 0 Å². The summed E-state index contributed by atoms with van der Waals surface area (Å²) in [7, 11) is -4.11. The topological polar surface area (TPSA) is 49.7 Å². The number of hydrogen-bond donors (Lipinski definition) is 0. The van der Waals surface area contributed by atoms with Gasteiger partial charge in [0.2, 0.25) is 0 Å². The van der Waals surface area contributed by atoms with E-state index in [9.17, 15) is 21.6 Å². The Morgan fingerprint density at radius 3 is 1.92 bits per heavy atom. The fourth-order valence-corrected chi connectivity index (χ4v) is 5.16. The number of aliphatic imine (C=N–C) groups is 1. The van der Waals surface area contributed by atoms with Crippen LogP contribution in [0.25, 0.3) is 6.08 Å². The average Bonchev–Trinajstić information content (AvgIpc) is 2.91. The number of nitrogens with zero attached hydrogens (tertiary/aromatic N) is 2. The van der Waals surface area contributed by atoms with Crippen molar-refractivity contribution in [2.75, 3.05) is 0 Å². The molecule has 0 fully saturated rings. The highest BCUT2D eigenvalue weighted by Gasteiger charge is 2.30. The van der Waals surface area contributed by atoms with Gasteiger partial charge in [0, 0.05) is 0 Å². The predicted octanol–water partition coefficient (Wildman–Crippen LogP) is 7.96. The van der Waals surface area contributed by atoms with Crippen molar-refractivity contribution in [3.05, 3.63) is 137 Å². The van der Waals surface area contributed by atoms with Gasteiger partial charge in [0.25, 0.3) is 10.0 Å². The Morgan fingerprint density at radius 1 is 0.795 bits per heavy atom. The fraction of sp³-hybridized carbons (Fsp3) is 0.129. The van der Waals surface area contributed by atoms with Gasteiger partial charge >= 0.3 is 6.18 Å². The van der Waals surface area contributed by atoms with Crippen LogP contribution in [0.2, 0.25) is 0 Å². The van der Waals surface area contributed by atoms with E-state index in [1.165, 1.54) is 28.6 Å². The highest BCUT2D eigenvalue weighted by Crippen LogP contribution is 2.31. The quantitative estimate of drug-likeness (QED) is 0.174. The van der Waals surface area contributed by atoms with Crippen LogP contribution in [0.15, 0.2) is 119 Å². The molecule has 0 unspecified atom stereocenters. The van der Waals surface area contributed by atoms with Crippen molar-refractivity contribution in [3.8, 4) is 0 Å². The minimum absolute atomic E-state index is 0.0330. The molecule has 0 N–H and O–H groups in total. The zero-order chi connectivity index (χ0) is 28.0. The molecule has 8 heteroatoms. The number of hydrogen-bond acceptors (Lipinski definition) is 3. The first-order valence-electron chi connectivity index (χ1n) is 12.2. The number of rotatable bonds is 7. The standard InChI is InChI=1S/C31H27F3N2O2S/c1-23-8-12-25(13-9-23)14-21-30(35-28-17-15-27(16-18-28)31(32,33)34)36(22-26-6-4-3-5-7-26)39(37,38)29-19-10-24(2)11-20-29/h3-21H,22H2,1-2H3/b21-14+,35-30?. The van der Waals surface area contributed by atoms with Crippen LogP contribution in [0, 0.1) is 13.8 Å². The van der Waals surface area contributed by atoms with Gasteiger partial charge in [-0.05, 0) is 67.4 Å². The molecule has 0 spiro atoms. The normalized spacial score (nSPS) is 12.6. The van der Waals surface area contributed by atoms with E-state index >= 15 is 0 Å². The summed E-state index contributed by atoms with van der Waals surface area (Å²) >= 11 is 0. The van der Waals surface area contributed by atoms with E-state index in [0.717, 1.165) is 34.4 Å². The van der Waals surface area contributed by atoms with Crippen LogP contribution in [-0.2, 0) is 22.7 Å². The molecule has 4 rings (SSSR count). The van der Waals surface area contributed by atoms with Crippen molar-refractivity contribution >= 4 is 27.6 Å². The molecule has 0 saturated carbocycles. The van der Waals surface area contributed by atoms with Crippen molar-refractivity contribution in [2.45, 2.75) is 31.5 Å². The van der Waals surface area contributed by atoms with Gasteiger partial charge in [-0.25, -0.2) is 17.7 Å². The van der Waals surface area contributed by atoms with E-state index in [0.29, 0.717) is 0 Å². The molecule has 0 amide bonds. The Kier molecular flexibility index (Phi) is 8.35. The van der Waals surface area contributed by atoms with Crippen LogP contribution in [-0.4, -0.2) is 18.6 Å². The van der Waals surface area contributed by atoms with Crippen LogP contribution in [0.1, 0.15) is 27.8 Å². The maximum absolute atomic E-state index is 14.0. The number of halogens is 3. The summed E-state index contributed by atoms with van der Waals surface area (Å²) in [5, 5.41) is 0. The molecule has 39 heavy (non-hydrogen) atoms. The minimum atomic E-state index is -4.50. The molecule has 0 aromatic heterocycles. The Labute approximate surface area is 226 Å². The van der Waals surface area contributed by atoms with Crippen molar-refractivity contribution < 1.29 is 21.6 Å². The van der Waals surface area contributed by atoms with Gasteiger partial charge in [0.1, 0.15) is 5.84 Å². The molecular weight excluding hydrogens is 521 g/mol. The summed E-state index contributed by atoms with van der Waals surface area (Å²) in [6.45, 7) is 3.79. The average molecular weight is 549 g/mol. The summed E-state index contributed by atoms with van der Waals surface area (Å²) < 4.78 is 68.5. The lowest BCUT2D eigenvalue weighted by Crippen LogP contribution is -2.35. The smallest absolute Gasteiger partial charge is 0.245 e. The van der Waals surface area contributed by atoms with E-state index in [-0.39, 0.29) is 23.0 Å². The van der Waals surface area contributed by atoms with E-state index in [2.05, 4.69) is 4.99 Å². The SMILES string of the molecule is Cc1ccc(/C=C/C(=Nc2ccc(C(F)(F)F)cc2)N(Cc2ccccc2)S(=O)(=O)c2ccc(C)cc2)cc1. The second kappa shape index (κ2) is 11.7. The Balaban J connectivity index is 1.86. The van der Waals surface area contributed by atoms with E-state index in [4.69, 9.17) is 0 Å². The largest absolute Gasteiger partial charge is 0.416 e. The number of amidine groups is 1. The fourth-order valence-electron chi connectivity index (χ4n) is 3.76. The first-order valence-corrected chi connectivity index (χ1v) is 13.6. The lowest BCUT2D eigenvalue weighted by Gasteiger charge is -2.25. The Bertz CT molecular complexity index is 1560. The predicted molar refractivity (Wildman–Crippen MR) is 149 cm³/mol. The molecule has 200 valence electrons. The molecule has 0 bridgehead atoms. The lowest BCUT2D eigenvalue weighted by molar-refractivity contribution is -0.137. The van der Waals surface area contributed by atoms with Gasteiger partial charge in [-0.1, -0.05) is 83.9 Å². The van der Waals surface area contributed by atoms with Crippen molar-refractivity contribution in [2.24, 2.45) is 4.99 Å². The summed E-state index contributed by atoms with van der Waals surface area (Å²) in [5.41, 5.74) is 2.88. The second-order valence-corrected chi connectivity index (χ2v) is 10.9. The second-order valence-electron chi connectivity index (χ2n) is 9.07. The molecule has 0 aliphatic carbocycles. The van der Waals surface area contributed by atoms with Crippen molar-refractivity contribution in [1.82, 2.24) is 4.31 Å². The number of alkyl halides is 3. The molecular formula is C31H27F3N2O2S.